The number of hydrogen-bond donors (Lipinski definition) is 0. The van der Waals surface area contributed by atoms with Gasteiger partial charge < -0.3 is 4.74 Å². The summed E-state index contributed by atoms with van der Waals surface area (Å²) in [6, 6.07) is 0. The van der Waals surface area contributed by atoms with Crippen molar-refractivity contribution < 1.29 is 4.74 Å². The second kappa shape index (κ2) is 17.0. The largest absolute Gasteiger partial charge is 0.476 e. The number of ether oxygens (including phenoxy) is 1. The van der Waals surface area contributed by atoms with Crippen molar-refractivity contribution in [2.75, 3.05) is 6.61 Å². The van der Waals surface area contributed by atoms with Gasteiger partial charge in [-0.1, -0.05) is 103 Å². The van der Waals surface area contributed by atoms with E-state index in [0.717, 1.165) is 12.3 Å². The minimum atomic E-state index is 0.706. The third-order valence-electron chi connectivity index (χ3n) is 4.91. The van der Waals surface area contributed by atoms with Crippen LogP contribution in [0.5, 0.6) is 0 Å². The fourth-order valence-electron chi connectivity index (χ4n) is 3.32. The van der Waals surface area contributed by atoms with E-state index in [2.05, 4.69) is 11.9 Å². The maximum absolute atomic E-state index is 5.47. The average Bonchev–Trinajstić information content (AvgIpc) is 2.62. The number of unbranched alkanes of at least 4 members (excludes halogenated alkanes) is 15. The standard InChI is InChI=1S/C22H41NO/c1-2-3-4-5-6-7-8-9-10-11-12-13-14-15-16-17-19-22-23-20-18-21-24-22/h18,20H,2-17,19,21H2,1H3. The fraction of sp³-hybridized carbons (Fsp3) is 0.864. The van der Waals surface area contributed by atoms with Crippen molar-refractivity contribution >= 4 is 5.90 Å². The van der Waals surface area contributed by atoms with Gasteiger partial charge in [-0.15, -0.1) is 0 Å². The summed E-state index contributed by atoms with van der Waals surface area (Å²) in [5, 5.41) is 0. The van der Waals surface area contributed by atoms with Crippen LogP contribution >= 0.6 is 0 Å². The molecule has 2 heteroatoms. The van der Waals surface area contributed by atoms with E-state index in [9.17, 15) is 0 Å². The van der Waals surface area contributed by atoms with Gasteiger partial charge in [-0.2, -0.15) is 0 Å². The highest BCUT2D eigenvalue weighted by Gasteiger charge is 2.01. The summed E-state index contributed by atoms with van der Waals surface area (Å²) in [7, 11) is 0. The van der Waals surface area contributed by atoms with E-state index >= 15 is 0 Å². The van der Waals surface area contributed by atoms with Crippen LogP contribution in [0.25, 0.3) is 0 Å². The van der Waals surface area contributed by atoms with Crippen molar-refractivity contribution in [2.45, 2.75) is 116 Å². The van der Waals surface area contributed by atoms with Gasteiger partial charge in [0, 0.05) is 12.6 Å². The average molecular weight is 336 g/mol. The minimum absolute atomic E-state index is 0.706. The van der Waals surface area contributed by atoms with E-state index in [1.165, 1.54) is 103 Å². The third kappa shape index (κ3) is 13.6. The van der Waals surface area contributed by atoms with Crippen LogP contribution in [0.1, 0.15) is 116 Å². The van der Waals surface area contributed by atoms with Gasteiger partial charge in [-0.3, -0.25) is 0 Å². The molecule has 1 heterocycles. The molecule has 0 amide bonds. The van der Waals surface area contributed by atoms with E-state index in [1.807, 2.05) is 12.3 Å². The Labute approximate surface area is 151 Å². The van der Waals surface area contributed by atoms with Gasteiger partial charge in [0.1, 0.15) is 6.61 Å². The molecule has 0 saturated heterocycles. The smallest absolute Gasteiger partial charge is 0.188 e. The zero-order valence-electron chi connectivity index (χ0n) is 16.2. The molecule has 140 valence electrons. The lowest BCUT2D eigenvalue weighted by atomic mass is 10.0. The maximum Gasteiger partial charge on any atom is 0.188 e. The molecule has 0 radical (unpaired) electrons. The van der Waals surface area contributed by atoms with Crippen LogP contribution in [0.15, 0.2) is 17.3 Å². The molecule has 0 N–H and O–H groups in total. The van der Waals surface area contributed by atoms with Crippen molar-refractivity contribution in [3.63, 3.8) is 0 Å². The Kier molecular flexibility index (Phi) is 15.1. The normalized spacial score (nSPS) is 13.8. The topological polar surface area (TPSA) is 21.6 Å². The predicted octanol–water partition coefficient (Wildman–Crippen LogP) is 7.58. The number of nitrogens with zero attached hydrogens (tertiary/aromatic N) is 1. The quantitative estimate of drug-likeness (QED) is 0.251. The number of aliphatic imine (C=N–C) groups is 1. The summed E-state index contributed by atoms with van der Waals surface area (Å²) in [4.78, 5) is 4.25. The first-order valence-electron chi connectivity index (χ1n) is 10.8. The second-order valence-corrected chi connectivity index (χ2v) is 7.27. The molecule has 0 aromatic heterocycles. The number of hydrogen-bond acceptors (Lipinski definition) is 2. The Balaban J connectivity index is 1.69. The minimum Gasteiger partial charge on any atom is -0.476 e. The molecule has 0 saturated carbocycles. The summed E-state index contributed by atoms with van der Waals surface area (Å²) < 4.78 is 5.47. The van der Waals surface area contributed by atoms with E-state index in [1.54, 1.807) is 0 Å². The molecule has 1 aliphatic heterocycles. The Morgan fingerprint density at radius 2 is 1.17 bits per heavy atom. The highest BCUT2D eigenvalue weighted by Crippen LogP contribution is 2.14. The molecule has 2 nitrogen and oxygen atoms in total. The summed E-state index contributed by atoms with van der Waals surface area (Å²) in [6.07, 6.45) is 27.5. The predicted molar refractivity (Wildman–Crippen MR) is 107 cm³/mol. The van der Waals surface area contributed by atoms with Crippen LogP contribution in [0, 0.1) is 0 Å². The van der Waals surface area contributed by atoms with Crippen LogP contribution in [-0.4, -0.2) is 12.5 Å². The molecule has 1 aliphatic rings. The monoisotopic (exact) mass is 335 g/mol. The number of rotatable bonds is 17. The van der Waals surface area contributed by atoms with E-state index in [-0.39, 0.29) is 0 Å². The first kappa shape index (κ1) is 21.3. The highest BCUT2D eigenvalue weighted by atomic mass is 16.5. The summed E-state index contributed by atoms with van der Waals surface area (Å²) in [5.41, 5.74) is 0. The molecule has 0 fully saturated rings. The molecule has 0 aromatic rings. The van der Waals surface area contributed by atoms with Crippen LogP contribution < -0.4 is 0 Å². The molecule has 24 heavy (non-hydrogen) atoms. The lowest BCUT2D eigenvalue weighted by molar-refractivity contribution is 0.331. The van der Waals surface area contributed by atoms with Crippen LogP contribution in [-0.2, 0) is 4.74 Å². The van der Waals surface area contributed by atoms with Gasteiger partial charge in [0.25, 0.3) is 0 Å². The molecular weight excluding hydrogens is 294 g/mol. The summed E-state index contributed by atoms with van der Waals surface area (Å²) in [5.74, 6) is 0.933. The van der Waals surface area contributed by atoms with E-state index in [4.69, 9.17) is 4.74 Å². The first-order valence-corrected chi connectivity index (χ1v) is 10.8. The van der Waals surface area contributed by atoms with Gasteiger partial charge >= 0.3 is 0 Å². The van der Waals surface area contributed by atoms with Crippen molar-refractivity contribution in [3.05, 3.63) is 12.3 Å². The molecule has 0 unspecified atom stereocenters. The van der Waals surface area contributed by atoms with Gasteiger partial charge in [0.05, 0.1) is 0 Å². The van der Waals surface area contributed by atoms with Crippen LogP contribution in [0.4, 0.5) is 0 Å². The van der Waals surface area contributed by atoms with Gasteiger partial charge in [-0.05, 0) is 12.5 Å². The third-order valence-corrected chi connectivity index (χ3v) is 4.91. The molecule has 0 spiro atoms. The summed E-state index contributed by atoms with van der Waals surface area (Å²) >= 11 is 0. The molecule has 1 rings (SSSR count). The zero-order valence-corrected chi connectivity index (χ0v) is 16.2. The fourth-order valence-corrected chi connectivity index (χ4v) is 3.32. The van der Waals surface area contributed by atoms with Crippen LogP contribution in [0.2, 0.25) is 0 Å². The SMILES string of the molecule is CCCCCCCCCCCCCCCCCCC1=NC=CCO1. The zero-order chi connectivity index (χ0) is 17.1. The Morgan fingerprint density at radius 1 is 0.708 bits per heavy atom. The Hall–Kier alpha value is -0.790. The van der Waals surface area contributed by atoms with Crippen molar-refractivity contribution in [3.8, 4) is 0 Å². The Bertz CT molecular complexity index is 322. The first-order chi connectivity index (χ1) is 11.9. The lowest BCUT2D eigenvalue weighted by Gasteiger charge is -2.09. The van der Waals surface area contributed by atoms with Gasteiger partial charge in [0.15, 0.2) is 5.90 Å². The van der Waals surface area contributed by atoms with Crippen molar-refractivity contribution in [1.29, 1.82) is 0 Å². The molecule has 0 aliphatic carbocycles. The Morgan fingerprint density at radius 3 is 1.58 bits per heavy atom. The van der Waals surface area contributed by atoms with E-state index in [0.29, 0.717) is 6.61 Å². The molecule has 0 aromatic carbocycles. The molecule has 0 bridgehead atoms. The second-order valence-electron chi connectivity index (χ2n) is 7.27. The van der Waals surface area contributed by atoms with Crippen molar-refractivity contribution in [1.82, 2.24) is 0 Å². The van der Waals surface area contributed by atoms with Crippen molar-refractivity contribution in [2.24, 2.45) is 4.99 Å². The maximum atomic E-state index is 5.47. The van der Waals surface area contributed by atoms with Gasteiger partial charge in [-0.25, -0.2) is 4.99 Å². The highest BCUT2D eigenvalue weighted by molar-refractivity contribution is 5.77. The molecule has 0 atom stereocenters. The van der Waals surface area contributed by atoms with Crippen LogP contribution in [0.3, 0.4) is 0 Å². The lowest BCUT2D eigenvalue weighted by Crippen LogP contribution is -2.07. The van der Waals surface area contributed by atoms with Gasteiger partial charge in [0.2, 0.25) is 0 Å². The summed E-state index contributed by atoms with van der Waals surface area (Å²) in [6.45, 7) is 3.00. The van der Waals surface area contributed by atoms with E-state index < -0.39 is 0 Å². The molecular formula is C22H41NO.